The number of piperidine rings is 1. The highest BCUT2D eigenvalue weighted by Gasteiger charge is 2.16. The summed E-state index contributed by atoms with van der Waals surface area (Å²) in [7, 11) is 1.77. The fourth-order valence-corrected chi connectivity index (χ4v) is 2.98. The van der Waals surface area contributed by atoms with E-state index in [0.717, 1.165) is 32.4 Å². The largest absolute Gasteiger partial charge is 0.317 e. The van der Waals surface area contributed by atoms with Crippen LogP contribution >= 0.6 is 0 Å². The molecule has 0 bridgehead atoms. The van der Waals surface area contributed by atoms with Crippen molar-refractivity contribution in [2.75, 3.05) is 18.4 Å². The van der Waals surface area contributed by atoms with Gasteiger partial charge in [-0.1, -0.05) is 6.07 Å². The molecule has 0 atom stereocenters. The molecular weight excluding hydrogens is 283 g/mol. The van der Waals surface area contributed by atoms with E-state index in [1.165, 1.54) is 6.07 Å². The highest BCUT2D eigenvalue weighted by Crippen LogP contribution is 2.22. The van der Waals surface area contributed by atoms with Gasteiger partial charge in [-0.15, -0.1) is 0 Å². The van der Waals surface area contributed by atoms with Crippen LogP contribution in [0.4, 0.5) is 10.3 Å². The van der Waals surface area contributed by atoms with E-state index in [1.807, 2.05) is 0 Å². The topological polar surface area (TPSA) is 59.0 Å². The number of carbonyl (C=O) groups is 1. The summed E-state index contributed by atoms with van der Waals surface area (Å²) in [6.45, 7) is 2.08. The SMILES string of the molecule is Cn1c(NC(=O)CCC2CCNCC2)nc2c(F)cccc21. The Morgan fingerprint density at radius 2 is 2.23 bits per heavy atom. The third-order valence-corrected chi connectivity index (χ3v) is 4.35. The van der Waals surface area contributed by atoms with Gasteiger partial charge in [-0.05, 0) is 50.4 Å². The highest BCUT2D eigenvalue weighted by atomic mass is 19.1. The minimum Gasteiger partial charge on any atom is -0.317 e. The molecule has 1 saturated heterocycles. The number of aryl methyl sites for hydroxylation is 1. The molecule has 1 aliphatic rings. The van der Waals surface area contributed by atoms with Gasteiger partial charge in [0.1, 0.15) is 5.52 Å². The van der Waals surface area contributed by atoms with Gasteiger partial charge in [0.15, 0.2) is 5.82 Å². The second-order valence-corrected chi connectivity index (χ2v) is 5.88. The second-order valence-electron chi connectivity index (χ2n) is 5.88. The van der Waals surface area contributed by atoms with E-state index in [0.29, 0.717) is 29.3 Å². The molecule has 6 heteroatoms. The number of imidazole rings is 1. The smallest absolute Gasteiger partial charge is 0.226 e. The van der Waals surface area contributed by atoms with Crippen LogP contribution in [0.25, 0.3) is 11.0 Å². The number of aromatic nitrogens is 2. The Balaban J connectivity index is 1.64. The lowest BCUT2D eigenvalue weighted by Crippen LogP contribution is -2.28. The lowest BCUT2D eigenvalue weighted by atomic mass is 9.93. The number of para-hydroxylation sites is 1. The van der Waals surface area contributed by atoms with Crippen molar-refractivity contribution in [3.63, 3.8) is 0 Å². The summed E-state index contributed by atoms with van der Waals surface area (Å²) < 4.78 is 15.4. The number of rotatable bonds is 4. The molecule has 0 unspecified atom stereocenters. The van der Waals surface area contributed by atoms with E-state index < -0.39 is 0 Å². The van der Waals surface area contributed by atoms with Gasteiger partial charge in [0, 0.05) is 13.5 Å². The molecule has 0 saturated carbocycles. The zero-order valence-electron chi connectivity index (χ0n) is 12.7. The molecule has 0 spiro atoms. The summed E-state index contributed by atoms with van der Waals surface area (Å²) in [5.74, 6) is 0.584. The van der Waals surface area contributed by atoms with Gasteiger partial charge in [0.25, 0.3) is 0 Å². The fraction of sp³-hybridized carbons (Fsp3) is 0.500. The Morgan fingerprint density at radius 3 is 2.95 bits per heavy atom. The van der Waals surface area contributed by atoms with E-state index in [9.17, 15) is 9.18 Å². The van der Waals surface area contributed by atoms with Crippen LogP contribution in [-0.2, 0) is 11.8 Å². The lowest BCUT2D eigenvalue weighted by molar-refractivity contribution is -0.116. The van der Waals surface area contributed by atoms with Crippen molar-refractivity contribution in [3.8, 4) is 0 Å². The third-order valence-electron chi connectivity index (χ3n) is 4.35. The molecule has 0 aliphatic carbocycles. The summed E-state index contributed by atoms with van der Waals surface area (Å²) in [5.41, 5.74) is 0.965. The van der Waals surface area contributed by atoms with E-state index in [2.05, 4.69) is 15.6 Å². The minimum absolute atomic E-state index is 0.0580. The average Bonchev–Trinajstić information content (AvgIpc) is 2.85. The Bertz CT molecular complexity index is 676. The van der Waals surface area contributed by atoms with E-state index in [1.54, 1.807) is 23.7 Å². The number of anilines is 1. The van der Waals surface area contributed by atoms with Crippen molar-refractivity contribution in [2.24, 2.45) is 13.0 Å². The van der Waals surface area contributed by atoms with Crippen LogP contribution in [0.1, 0.15) is 25.7 Å². The van der Waals surface area contributed by atoms with Crippen LogP contribution in [0, 0.1) is 11.7 Å². The van der Waals surface area contributed by atoms with Crippen LogP contribution in [0.15, 0.2) is 18.2 Å². The quantitative estimate of drug-likeness (QED) is 0.912. The Kier molecular flexibility index (Phi) is 4.38. The number of hydrogen-bond acceptors (Lipinski definition) is 3. The predicted molar refractivity (Wildman–Crippen MR) is 84.1 cm³/mol. The first-order chi connectivity index (χ1) is 10.6. The van der Waals surface area contributed by atoms with Crippen LogP contribution in [0.5, 0.6) is 0 Å². The molecule has 118 valence electrons. The Morgan fingerprint density at radius 1 is 1.45 bits per heavy atom. The van der Waals surface area contributed by atoms with E-state index in [4.69, 9.17) is 0 Å². The minimum atomic E-state index is -0.372. The number of halogens is 1. The maximum Gasteiger partial charge on any atom is 0.226 e. The molecule has 1 fully saturated rings. The number of amides is 1. The van der Waals surface area contributed by atoms with Crippen molar-refractivity contribution in [1.29, 1.82) is 0 Å². The maximum absolute atomic E-state index is 13.7. The first-order valence-electron chi connectivity index (χ1n) is 7.76. The summed E-state index contributed by atoms with van der Waals surface area (Å²) in [5, 5.41) is 6.12. The zero-order chi connectivity index (χ0) is 15.5. The highest BCUT2D eigenvalue weighted by molar-refractivity contribution is 5.91. The van der Waals surface area contributed by atoms with Gasteiger partial charge in [0.2, 0.25) is 11.9 Å². The van der Waals surface area contributed by atoms with Crippen molar-refractivity contribution in [2.45, 2.75) is 25.7 Å². The molecule has 3 rings (SSSR count). The lowest BCUT2D eigenvalue weighted by Gasteiger charge is -2.22. The predicted octanol–water partition coefficient (Wildman–Crippen LogP) is 2.43. The Labute approximate surface area is 128 Å². The van der Waals surface area contributed by atoms with Gasteiger partial charge in [0.05, 0.1) is 5.52 Å². The first kappa shape index (κ1) is 15.0. The van der Waals surface area contributed by atoms with Gasteiger partial charge < -0.3 is 9.88 Å². The molecule has 1 aromatic carbocycles. The van der Waals surface area contributed by atoms with Gasteiger partial charge in [-0.2, -0.15) is 0 Å². The third kappa shape index (κ3) is 3.11. The van der Waals surface area contributed by atoms with Crippen LogP contribution in [0.2, 0.25) is 0 Å². The number of nitrogens with one attached hydrogen (secondary N) is 2. The van der Waals surface area contributed by atoms with E-state index >= 15 is 0 Å². The van der Waals surface area contributed by atoms with Crippen molar-refractivity contribution in [1.82, 2.24) is 14.9 Å². The standard InChI is InChI=1S/C16H21FN4O/c1-21-13-4-2-3-12(17)15(13)20-16(21)19-14(22)6-5-11-7-9-18-10-8-11/h2-4,11,18H,5-10H2,1H3,(H,19,20,22). The monoisotopic (exact) mass is 304 g/mol. The summed E-state index contributed by atoms with van der Waals surface area (Å²) in [4.78, 5) is 16.3. The molecule has 1 aromatic heterocycles. The Hall–Kier alpha value is -1.95. The first-order valence-corrected chi connectivity index (χ1v) is 7.76. The summed E-state index contributed by atoms with van der Waals surface area (Å²) in [6.07, 6.45) is 3.64. The number of fused-ring (bicyclic) bond motifs is 1. The van der Waals surface area contributed by atoms with Gasteiger partial charge >= 0.3 is 0 Å². The fourth-order valence-electron chi connectivity index (χ4n) is 2.98. The van der Waals surface area contributed by atoms with E-state index in [-0.39, 0.29) is 11.7 Å². The zero-order valence-corrected chi connectivity index (χ0v) is 12.7. The molecule has 1 aliphatic heterocycles. The van der Waals surface area contributed by atoms with Gasteiger partial charge in [-0.25, -0.2) is 9.37 Å². The average molecular weight is 304 g/mol. The molecule has 2 aromatic rings. The van der Waals surface area contributed by atoms with Crippen molar-refractivity contribution in [3.05, 3.63) is 24.0 Å². The summed E-state index contributed by atoms with van der Waals surface area (Å²) in [6, 6.07) is 4.80. The van der Waals surface area contributed by atoms with Crippen LogP contribution < -0.4 is 10.6 Å². The normalized spacial score (nSPS) is 16.1. The molecule has 2 N–H and O–H groups in total. The van der Waals surface area contributed by atoms with Crippen LogP contribution in [-0.4, -0.2) is 28.5 Å². The molecule has 1 amide bonds. The number of hydrogen-bond donors (Lipinski definition) is 2. The molecule has 2 heterocycles. The number of nitrogens with zero attached hydrogens (tertiary/aromatic N) is 2. The number of carbonyl (C=O) groups excluding carboxylic acids is 1. The maximum atomic E-state index is 13.7. The molecule has 22 heavy (non-hydrogen) atoms. The number of benzene rings is 1. The molecule has 5 nitrogen and oxygen atoms in total. The second kappa shape index (κ2) is 6.44. The van der Waals surface area contributed by atoms with Crippen molar-refractivity contribution >= 4 is 22.9 Å². The van der Waals surface area contributed by atoms with Crippen molar-refractivity contribution < 1.29 is 9.18 Å². The summed E-state index contributed by atoms with van der Waals surface area (Å²) >= 11 is 0. The van der Waals surface area contributed by atoms with Crippen LogP contribution in [0.3, 0.4) is 0 Å². The van der Waals surface area contributed by atoms with Gasteiger partial charge in [-0.3, -0.25) is 10.1 Å². The molecule has 0 radical (unpaired) electrons. The molecular formula is C16H21FN4O.